The number of carbonyl (C=O) groups is 1. The van der Waals surface area contributed by atoms with Crippen LogP contribution in [0.5, 0.6) is 0 Å². The Hall–Kier alpha value is -2.20. The second kappa shape index (κ2) is 32.1. The summed E-state index contributed by atoms with van der Waals surface area (Å²) in [5.41, 5.74) is 0. The predicted octanol–water partition coefficient (Wildman–Crippen LogP) is 7.01. The molecule has 4 N–H and O–H groups in total. The zero-order chi connectivity index (χ0) is 39.0. The molecule has 0 spiro atoms. The summed E-state index contributed by atoms with van der Waals surface area (Å²) in [7, 11) is -5.05. The highest BCUT2D eigenvalue weighted by Gasteiger charge is 2.48. The van der Waals surface area contributed by atoms with Gasteiger partial charge in [0.1, 0.15) is 30.5 Å². The van der Waals surface area contributed by atoms with Crippen molar-refractivity contribution in [1.29, 1.82) is 0 Å². The molecular formula is C40H68O12S. The van der Waals surface area contributed by atoms with E-state index in [0.717, 1.165) is 89.9 Å². The van der Waals surface area contributed by atoms with Gasteiger partial charge in [0, 0.05) is 13.0 Å². The van der Waals surface area contributed by atoms with Gasteiger partial charge < -0.3 is 34.3 Å². The van der Waals surface area contributed by atoms with Gasteiger partial charge in [0.25, 0.3) is 0 Å². The summed E-state index contributed by atoms with van der Waals surface area (Å²) in [6, 6.07) is 0. The lowest BCUT2D eigenvalue weighted by atomic mass is 9.99. The van der Waals surface area contributed by atoms with Gasteiger partial charge in [-0.15, -0.1) is 0 Å². The number of hydrogen-bond acceptors (Lipinski definition) is 11. The van der Waals surface area contributed by atoms with Gasteiger partial charge in [0.2, 0.25) is 0 Å². The Morgan fingerprint density at radius 2 is 1.30 bits per heavy atom. The van der Waals surface area contributed by atoms with E-state index in [9.17, 15) is 28.5 Å². The number of aliphatic hydroxyl groups is 3. The van der Waals surface area contributed by atoms with Crippen molar-refractivity contribution in [3.8, 4) is 0 Å². The van der Waals surface area contributed by atoms with Crippen LogP contribution in [0.1, 0.15) is 123 Å². The van der Waals surface area contributed by atoms with Crippen LogP contribution < -0.4 is 0 Å². The molecule has 0 amide bonds. The van der Waals surface area contributed by atoms with Gasteiger partial charge >= 0.3 is 16.4 Å². The SMILES string of the molecule is CC/C=C\C/C=C\C/C=C\C/C=C\C/C=C\CCCCCCCCOCC(COC1OC(CO)C(O)C(OS(=O)(=O)O)C1O)OC(=O)CCCCCC. The lowest BCUT2D eigenvalue weighted by molar-refractivity contribution is -0.301. The number of unbranched alkanes of at least 4 members (excludes halogenated alkanes) is 9. The van der Waals surface area contributed by atoms with E-state index in [1.807, 2.05) is 0 Å². The maximum absolute atomic E-state index is 12.5. The Morgan fingerprint density at radius 1 is 0.736 bits per heavy atom. The topological polar surface area (TPSA) is 178 Å². The highest BCUT2D eigenvalue weighted by molar-refractivity contribution is 7.80. The van der Waals surface area contributed by atoms with Crippen molar-refractivity contribution in [2.75, 3.05) is 26.4 Å². The molecule has 0 aromatic heterocycles. The van der Waals surface area contributed by atoms with E-state index < -0.39 is 59.8 Å². The molecule has 6 atom stereocenters. The van der Waals surface area contributed by atoms with Gasteiger partial charge in [-0.1, -0.05) is 120 Å². The maximum Gasteiger partial charge on any atom is 0.397 e. The van der Waals surface area contributed by atoms with Crippen molar-refractivity contribution in [2.45, 2.75) is 160 Å². The van der Waals surface area contributed by atoms with E-state index in [0.29, 0.717) is 13.0 Å². The number of carbonyl (C=O) groups excluding carboxylic acids is 1. The highest BCUT2D eigenvalue weighted by Crippen LogP contribution is 2.26. The zero-order valence-corrected chi connectivity index (χ0v) is 32.9. The number of esters is 1. The quantitative estimate of drug-likeness (QED) is 0.0238. The summed E-state index contributed by atoms with van der Waals surface area (Å²) >= 11 is 0. The molecule has 0 saturated carbocycles. The van der Waals surface area contributed by atoms with Gasteiger partial charge in [-0.3, -0.25) is 9.35 Å². The fraction of sp³-hybridized carbons (Fsp3) is 0.725. The van der Waals surface area contributed by atoms with Crippen LogP contribution in [0.3, 0.4) is 0 Å². The van der Waals surface area contributed by atoms with Gasteiger partial charge in [-0.2, -0.15) is 8.42 Å². The Kier molecular flexibility index (Phi) is 29.6. The second-order valence-electron chi connectivity index (χ2n) is 13.1. The summed E-state index contributed by atoms with van der Waals surface area (Å²) in [6.07, 6.45) is 29.1. The summed E-state index contributed by atoms with van der Waals surface area (Å²) in [5.74, 6) is -0.427. The van der Waals surface area contributed by atoms with E-state index in [-0.39, 0.29) is 19.6 Å². The number of aliphatic hydroxyl groups excluding tert-OH is 3. The molecule has 0 aromatic carbocycles. The first-order chi connectivity index (χ1) is 25.6. The van der Waals surface area contributed by atoms with Crippen molar-refractivity contribution in [1.82, 2.24) is 0 Å². The third-order valence-corrected chi connectivity index (χ3v) is 8.87. The lowest BCUT2D eigenvalue weighted by Crippen LogP contribution is -2.60. The molecule has 306 valence electrons. The van der Waals surface area contributed by atoms with Crippen molar-refractivity contribution >= 4 is 16.4 Å². The first-order valence-corrected chi connectivity index (χ1v) is 20.9. The van der Waals surface area contributed by atoms with Gasteiger partial charge in [-0.25, -0.2) is 4.18 Å². The fourth-order valence-corrected chi connectivity index (χ4v) is 5.97. The Balaban J connectivity index is 2.33. The lowest BCUT2D eigenvalue weighted by Gasteiger charge is -2.41. The molecule has 53 heavy (non-hydrogen) atoms. The van der Waals surface area contributed by atoms with E-state index >= 15 is 0 Å². The third-order valence-electron chi connectivity index (χ3n) is 8.40. The Morgan fingerprint density at radius 3 is 1.89 bits per heavy atom. The fourth-order valence-electron chi connectivity index (χ4n) is 5.46. The van der Waals surface area contributed by atoms with E-state index in [2.05, 4.69) is 78.8 Å². The van der Waals surface area contributed by atoms with Crippen LogP contribution in [0.4, 0.5) is 0 Å². The summed E-state index contributed by atoms with van der Waals surface area (Å²) < 4.78 is 58.4. The highest BCUT2D eigenvalue weighted by atomic mass is 32.3. The Bertz CT molecular complexity index is 1170. The van der Waals surface area contributed by atoms with Crippen LogP contribution in [0.25, 0.3) is 0 Å². The molecule has 6 unspecified atom stereocenters. The minimum Gasteiger partial charge on any atom is -0.457 e. The summed E-state index contributed by atoms with van der Waals surface area (Å²) in [6.45, 7) is 3.66. The van der Waals surface area contributed by atoms with Crippen LogP contribution >= 0.6 is 0 Å². The average Bonchev–Trinajstić information content (AvgIpc) is 3.12. The van der Waals surface area contributed by atoms with Crippen LogP contribution in [0.15, 0.2) is 60.8 Å². The first-order valence-electron chi connectivity index (χ1n) is 19.5. The van der Waals surface area contributed by atoms with Crippen molar-refractivity contribution < 1.29 is 56.2 Å². The third kappa shape index (κ3) is 26.3. The summed E-state index contributed by atoms with van der Waals surface area (Å²) in [5, 5.41) is 30.4. The summed E-state index contributed by atoms with van der Waals surface area (Å²) in [4.78, 5) is 12.5. The largest absolute Gasteiger partial charge is 0.457 e. The van der Waals surface area contributed by atoms with E-state index in [1.165, 1.54) is 6.42 Å². The maximum atomic E-state index is 12.5. The molecule has 1 heterocycles. The van der Waals surface area contributed by atoms with Gasteiger partial charge in [0.15, 0.2) is 6.29 Å². The zero-order valence-electron chi connectivity index (χ0n) is 32.0. The van der Waals surface area contributed by atoms with Crippen molar-refractivity contribution in [2.24, 2.45) is 0 Å². The monoisotopic (exact) mass is 772 g/mol. The van der Waals surface area contributed by atoms with E-state index in [4.69, 9.17) is 23.5 Å². The molecular weight excluding hydrogens is 704 g/mol. The normalized spacial score (nSPS) is 22.0. The molecule has 0 aliphatic carbocycles. The predicted molar refractivity (Wildman–Crippen MR) is 206 cm³/mol. The van der Waals surface area contributed by atoms with Crippen LogP contribution in [0.2, 0.25) is 0 Å². The molecule has 1 rings (SSSR count). The molecule has 13 heteroatoms. The van der Waals surface area contributed by atoms with Crippen molar-refractivity contribution in [3.05, 3.63) is 60.8 Å². The molecule has 0 bridgehead atoms. The molecule has 0 aromatic rings. The molecule has 1 saturated heterocycles. The standard InChI is InChI=1S/C40H68O12S/c1-3-5-7-9-10-11-12-13-14-15-16-17-18-19-20-21-22-23-24-25-26-28-30-48-32-34(50-36(42)29-27-8-6-4-2)33-49-40-38(44)39(52-53(45,46)47)37(43)35(31-41)51-40/h5,7,10-11,13-14,16-17,19-20,34-35,37-41,43-44H,3-4,6,8-9,12,15,18,21-33H2,1-2H3,(H,45,46,47)/b7-5-,11-10-,14-13-,17-16-,20-19-. The van der Waals surface area contributed by atoms with Gasteiger partial charge in [-0.05, 0) is 57.8 Å². The van der Waals surface area contributed by atoms with Crippen LogP contribution in [0, 0.1) is 0 Å². The van der Waals surface area contributed by atoms with Crippen molar-refractivity contribution in [3.63, 3.8) is 0 Å². The molecule has 12 nitrogen and oxygen atoms in total. The molecule has 1 aliphatic heterocycles. The molecule has 1 aliphatic rings. The smallest absolute Gasteiger partial charge is 0.397 e. The van der Waals surface area contributed by atoms with Crippen LogP contribution in [-0.4, -0.2) is 97.5 Å². The minimum atomic E-state index is -5.05. The van der Waals surface area contributed by atoms with Crippen LogP contribution in [-0.2, 0) is 38.3 Å². The number of ether oxygens (including phenoxy) is 4. The molecule has 0 radical (unpaired) electrons. The number of allylic oxidation sites excluding steroid dienone is 10. The number of rotatable bonds is 32. The molecule has 1 fully saturated rings. The second-order valence-corrected chi connectivity index (χ2v) is 14.2. The first kappa shape index (κ1) is 48.8. The minimum absolute atomic E-state index is 0.0216. The number of hydrogen-bond donors (Lipinski definition) is 4. The van der Waals surface area contributed by atoms with E-state index in [1.54, 1.807) is 0 Å². The van der Waals surface area contributed by atoms with Gasteiger partial charge in [0.05, 0.1) is 19.8 Å². The Labute approximate surface area is 318 Å². The average molecular weight is 773 g/mol.